The SMILES string of the molecule is CCC1CN2CCCCC2CN1CCc1cscn1. The van der Waals surface area contributed by atoms with Gasteiger partial charge in [-0.05, 0) is 25.8 Å². The third-order valence-electron chi connectivity index (χ3n) is 4.77. The summed E-state index contributed by atoms with van der Waals surface area (Å²) in [7, 11) is 0. The van der Waals surface area contributed by atoms with Crippen LogP contribution in [0.3, 0.4) is 0 Å². The Morgan fingerprint density at radius 2 is 2.32 bits per heavy atom. The summed E-state index contributed by atoms with van der Waals surface area (Å²) in [5.74, 6) is 0. The molecule has 0 amide bonds. The van der Waals surface area contributed by atoms with Gasteiger partial charge in [0.15, 0.2) is 0 Å². The molecular formula is C15H25N3S. The van der Waals surface area contributed by atoms with Crippen molar-refractivity contribution in [3.05, 3.63) is 16.6 Å². The third-order valence-corrected chi connectivity index (χ3v) is 5.40. The number of fused-ring (bicyclic) bond motifs is 1. The molecule has 2 saturated heterocycles. The maximum absolute atomic E-state index is 4.41. The van der Waals surface area contributed by atoms with Crippen LogP contribution in [-0.2, 0) is 6.42 Å². The molecule has 1 aromatic heterocycles. The normalized spacial score (nSPS) is 29.3. The fraction of sp³-hybridized carbons (Fsp3) is 0.800. The molecule has 0 N–H and O–H groups in total. The molecule has 3 nitrogen and oxygen atoms in total. The topological polar surface area (TPSA) is 19.4 Å². The van der Waals surface area contributed by atoms with Crippen LogP contribution in [0, 0.1) is 0 Å². The number of hydrogen-bond acceptors (Lipinski definition) is 4. The molecule has 0 radical (unpaired) electrons. The van der Waals surface area contributed by atoms with Crippen molar-refractivity contribution in [1.82, 2.24) is 14.8 Å². The lowest BCUT2D eigenvalue weighted by Gasteiger charge is -2.48. The predicted octanol–water partition coefficient (Wildman–Crippen LogP) is 2.63. The van der Waals surface area contributed by atoms with Crippen molar-refractivity contribution in [3.63, 3.8) is 0 Å². The standard InChI is InChI=1S/C15H25N3S/c1-2-14-9-17-7-4-3-5-15(17)10-18(14)8-6-13-11-19-12-16-13/h11-12,14-15H,2-10H2,1H3. The van der Waals surface area contributed by atoms with Gasteiger partial charge < -0.3 is 0 Å². The van der Waals surface area contributed by atoms with E-state index in [1.807, 2.05) is 5.51 Å². The van der Waals surface area contributed by atoms with E-state index in [-0.39, 0.29) is 0 Å². The maximum atomic E-state index is 4.41. The Morgan fingerprint density at radius 3 is 3.11 bits per heavy atom. The van der Waals surface area contributed by atoms with Gasteiger partial charge in [-0.2, -0.15) is 0 Å². The number of thiazole rings is 1. The van der Waals surface area contributed by atoms with Crippen LogP contribution >= 0.6 is 11.3 Å². The minimum absolute atomic E-state index is 0.757. The van der Waals surface area contributed by atoms with Gasteiger partial charge in [-0.1, -0.05) is 13.3 Å². The lowest BCUT2D eigenvalue weighted by molar-refractivity contribution is 0.00817. The highest BCUT2D eigenvalue weighted by atomic mass is 32.1. The summed E-state index contributed by atoms with van der Waals surface area (Å²) in [6, 6.07) is 1.58. The molecule has 2 unspecified atom stereocenters. The van der Waals surface area contributed by atoms with E-state index in [9.17, 15) is 0 Å². The Balaban J connectivity index is 1.59. The number of rotatable bonds is 4. The highest BCUT2D eigenvalue weighted by molar-refractivity contribution is 7.07. The van der Waals surface area contributed by atoms with Crippen LogP contribution in [0.1, 0.15) is 38.3 Å². The second kappa shape index (κ2) is 6.33. The minimum atomic E-state index is 0.757. The van der Waals surface area contributed by atoms with Crippen LogP contribution in [0.25, 0.3) is 0 Å². The molecule has 0 saturated carbocycles. The van der Waals surface area contributed by atoms with Crippen molar-refractivity contribution in [2.45, 2.75) is 51.1 Å². The lowest BCUT2D eigenvalue weighted by Crippen LogP contribution is -2.59. The molecule has 4 heteroatoms. The third kappa shape index (κ3) is 3.18. The average molecular weight is 279 g/mol. The summed E-state index contributed by atoms with van der Waals surface area (Å²) in [6.45, 7) is 7.43. The number of hydrogen-bond donors (Lipinski definition) is 0. The zero-order valence-electron chi connectivity index (χ0n) is 11.9. The first kappa shape index (κ1) is 13.5. The van der Waals surface area contributed by atoms with Gasteiger partial charge in [0.05, 0.1) is 11.2 Å². The molecule has 1 aromatic rings. The quantitative estimate of drug-likeness (QED) is 0.844. The van der Waals surface area contributed by atoms with Crippen LogP contribution < -0.4 is 0 Å². The number of piperazine rings is 1. The van der Waals surface area contributed by atoms with Crippen molar-refractivity contribution in [2.24, 2.45) is 0 Å². The smallest absolute Gasteiger partial charge is 0.0794 e. The van der Waals surface area contributed by atoms with E-state index in [1.165, 1.54) is 57.6 Å². The molecule has 106 valence electrons. The predicted molar refractivity (Wildman–Crippen MR) is 80.7 cm³/mol. The summed E-state index contributed by atoms with van der Waals surface area (Å²) >= 11 is 1.71. The summed E-state index contributed by atoms with van der Waals surface area (Å²) < 4.78 is 0. The first-order valence-electron chi connectivity index (χ1n) is 7.72. The van der Waals surface area contributed by atoms with Crippen LogP contribution in [0.5, 0.6) is 0 Å². The van der Waals surface area contributed by atoms with E-state index < -0.39 is 0 Å². The molecule has 2 atom stereocenters. The minimum Gasteiger partial charge on any atom is -0.298 e. The molecule has 0 aliphatic carbocycles. The zero-order chi connectivity index (χ0) is 13.1. The molecule has 2 fully saturated rings. The van der Waals surface area contributed by atoms with E-state index in [2.05, 4.69) is 27.1 Å². The molecule has 19 heavy (non-hydrogen) atoms. The largest absolute Gasteiger partial charge is 0.298 e. The number of aromatic nitrogens is 1. The molecule has 0 bridgehead atoms. The Bertz CT molecular complexity index is 379. The van der Waals surface area contributed by atoms with E-state index in [0.29, 0.717) is 0 Å². The van der Waals surface area contributed by atoms with E-state index in [4.69, 9.17) is 0 Å². The average Bonchev–Trinajstić information content (AvgIpc) is 2.97. The Morgan fingerprint density at radius 1 is 1.37 bits per heavy atom. The number of piperidine rings is 1. The van der Waals surface area contributed by atoms with Gasteiger partial charge in [-0.25, -0.2) is 4.98 Å². The van der Waals surface area contributed by atoms with Crippen molar-refractivity contribution >= 4 is 11.3 Å². The van der Waals surface area contributed by atoms with Crippen LogP contribution in [0.2, 0.25) is 0 Å². The van der Waals surface area contributed by atoms with E-state index in [0.717, 1.165) is 18.5 Å². The Kier molecular flexibility index (Phi) is 4.51. The van der Waals surface area contributed by atoms with Crippen molar-refractivity contribution in [2.75, 3.05) is 26.2 Å². The highest BCUT2D eigenvalue weighted by Crippen LogP contribution is 2.25. The van der Waals surface area contributed by atoms with Gasteiger partial charge in [-0.3, -0.25) is 9.80 Å². The summed E-state index contributed by atoms with van der Waals surface area (Å²) in [6.07, 6.45) is 6.64. The maximum Gasteiger partial charge on any atom is 0.0794 e. The van der Waals surface area contributed by atoms with Crippen LogP contribution in [0.15, 0.2) is 10.9 Å². The van der Waals surface area contributed by atoms with E-state index in [1.54, 1.807) is 11.3 Å². The monoisotopic (exact) mass is 279 g/mol. The number of nitrogens with zero attached hydrogens (tertiary/aromatic N) is 3. The molecule has 3 rings (SSSR count). The lowest BCUT2D eigenvalue weighted by atomic mass is 9.95. The van der Waals surface area contributed by atoms with Crippen LogP contribution in [0.4, 0.5) is 0 Å². The van der Waals surface area contributed by atoms with Crippen molar-refractivity contribution in [3.8, 4) is 0 Å². The molecule has 3 heterocycles. The zero-order valence-corrected chi connectivity index (χ0v) is 12.7. The Labute approximate surface area is 120 Å². The van der Waals surface area contributed by atoms with Gasteiger partial charge in [0.1, 0.15) is 0 Å². The van der Waals surface area contributed by atoms with Gasteiger partial charge in [0.25, 0.3) is 0 Å². The highest BCUT2D eigenvalue weighted by Gasteiger charge is 2.33. The first-order chi connectivity index (χ1) is 9.36. The van der Waals surface area contributed by atoms with Gasteiger partial charge in [0, 0.05) is 43.5 Å². The Hall–Kier alpha value is -0.450. The van der Waals surface area contributed by atoms with Gasteiger partial charge >= 0.3 is 0 Å². The molecule has 2 aliphatic rings. The van der Waals surface area contributed by atoms with Crippen LogP contribution in [-0.4, -0.2) is 53.0 Å². The van der Waals surface area contributed by atoms with Gasteiger partial charge in [-0.15, -0.1) is 11.3 Å². The first-order valence-corrected chi connectivity index (χ1v) is 8.66. The second-order valence-electron chi connectivity index (χ2n) is 5.93. The summed E-state index contributed by atoms with van der Waals surface area (Å²) in [5, 5.41) is 2.19. The molecular weight excluding hydrogens is 254 g/mol. The molecule has 2 aliphatic heterocycles. The summed E-state index contributed by atoms with van der Waals surface area (Å²) in [4.78, 5) is 9.89. The van der Waals surface area contributed by atoms with Crippen molar-refractivity contribution < 1.29 is 0 Å². The summed E-state index contributed by atoms with van der Waals surface area (Å²) in [5.41, 5.74) is 3.22. The fourth-order valence-corrected chi connectivity index (χ4v) is 4.19. The van der Waals surface area contributed by atoms with E-state index >= 15 is 0 Å². The molecule has 0 aromatic carbocycles. The fourth-order valence-electron chi connectivity index (χ4n) is 3.59. The van der Waals surface area contributed by atoms with Crippen molar-refractivity contribution in [1.29, 1.82) is 0 Å². The second-order valence-corrected chi connectivity index (χ2v) is 6.65. The molecule has 0 spiro atoms. The van der Waals surface area contributed by atoms with Gasteiger partial charge in [0.2, 0.25) is 0 Å².